The molecule has 2 heterocycles. The number of carbonyl (C=O) groups excluding carboxylic acids is 1. The number of piperidine rings is 1. The first-order valence-electron chi connectivity index (χ1n) is 10.9. The van der Waals surface area contributed by atoms with Crippen molar-refractivity contribution >= 4 is 12.1 Å². The Morgan fingerprint density at radius 3 is 2.53 bits per heavy atom. The van der Waals surface area contributed by atoms with Gasteiger partial charge in [-0.1, -0.05) is 12.8 Å². The third-order valence-corrected chi connectivity index (χ3v) is 7.21. The quantitative estimate of drug-likeness (QED) is 0.712. The molecule has 1 spiro atoms. The van der Waals surface area contributed by atoms with Crippen molar-refractivity contribution in [2.75, 3.05) is 19.7 Å². The van der Waals surface area contributed by atoms with Crippen LogP contribution in [0.15, 0.2) is 17.1 Å². The molecular weight excluding hydrogens is 388 g/mol. The number of carboxylic acid groups (broad SMARTS) is 1. The van der Waals surface area contributed by atoms with Crippen LogP contribution in [0.4, 0.5) is 4.79 Å². The molecule has 1 unspecified atom stereocenters. The van der Waals surface area contributed by atoms with Crippen molar-refractivity contribution < 1.29 is 24.5 Å². The van der Waals surface area contributed by atoms with Gasteiger partial charge in [-0.2, -0.15) is 0 Å². The topological polar surface area (TPSA) is 109 Å². The lowest BCUT2D eigenvalue weighted by Crippen LogP contribution is -2.62. The molecule has 2 aliphatic carbocycles. The molecule has 0 radical (unpaired) electrons. The van der Waals surface area contributed by atoms with E-state index in [2.05, 4.69) is 0 Å². The Labute approximate surface area is 175 Å². The lowest BCUT2D eigenvalue weighted by Gasteiger charge is -2.51. The molecule has 8 nitrogen and oxygen atoms in total. The molecule has 1 amide bonds. The van der Waals surface area contributed by atoms with Crippen molar-refractivity contribution in [2.24, 2.45) is 5.41 Å². The second-order valence-corrected chi connectivity index (χ2v) is 9.08. The van der Waals surface area contributed by atoms with Crippen molar-refractivity contribution in [1.29, 1.82) is 0 Å². The minimum atomic E-state index is -1.20. The summed E-state index contributed by atoms with van der Waals surface area (Å²) in [5.41, 5.74) is -0.884. The summed E-state index contributed by atoms with van der Waals surface area (Å²) in [7, 11) is 0. The van der Waals surface area contributed by atoms with Gasteiger partial charge in [0.25, 0.3) is 5.56 Å². The number of hydrogen-bond donors (Lipinski definition) is 2. The van der Waals surface area contributed by atoms with Crippen LogP contribution in [0.2, 0.25) is 0 Å². The van der Waals surface area contributed by atoms with Gasteiger partial charge in [-0.05, 0) is 50.5 Å². The smallest absolute Gasteiger partial charge is 0.407 e. The van der Waals surface area contributed by atoms with Gasteiger partial charge < -0.3 is 24.4 Å². The first-order chi connectivity index (χ1) is 14.3. The molecule has 1 aromatic rings. The van der Waals surface area contributed by atoms with E-state index < -0.39 is 23.1 Å². The monoisotopic (exact) mass is 418 g/mol. The van der Waals surface area contributed by atoms with E-state index >= 15 is 0 Å². The summed E-state index contributed by atoms with van der Waals surface area (Å²) in [4.78, 5) is 38.3. The Bertz CT molecular complexity index is 899. The van der Waals surface area contributed by atoms with Crippen LogP contribution in [-0.4, -0.2) is 57.0 Å². The molecule has 3 aliphatic rings. The maximum Gasteiger partial charge on any atom is 0.407 e. The van der Waals surface area contributed by atoms with E-state index in [1.54, 1.807) is 6.92 Å². The van der Waals surface area contributed by atoms with E-state index in [0.717, 1.165) is 44.1 Å². The van der Waals surface area contributed by atoms with Crippen LogP contribution >= 0.6 is 0 Å². The number of aliphatic hydroxyl groups is 1. The summed E-state index contributed by atoms with van der Waals surface area (Å²) in [5.74, 6) is -0.230. The molecule has 2 saturated carbocycles. The third-order valence-electron chi connectivity index (χ3n) is 7.21. The molecule has 30 heavy (non-hydrogen) atoms. The van der Waals surface area contributed by atoms with E-state index in [-0.39, 0.29) is 44.1 Å². The molecule has 8 heteroatoms. The standard InChI is InChI=1S/C22H30N2O6/c1-2-30-19(26)17-12-24(18(25)11-16(17)15-5-6-15)14-22(29)9-10-23(20(27)28)13-21(22)7-3-4-8-21/h11-12,15,29H,2-10,13-14H2,1H3,(H,27,28). The van der Waals surface area contributed by atoms with Gasteiger partial charge in [0.1, 0.15) is 0 Å². The molecule has 1 aromatic heterocycles. The number of esters is 1. The molecule has 3 fully saturated rings. The van der Waals surface area contributed by atoms with Gasteiger partial charge in [-0.15, -0.1) is 0 Å². The van der Waals surface area contributed by atoms with Crippen LogP contribution in [0, 0.1) is 5.41 Å². The van der Waals surface area contributed by atoms with Crippen LogP contribution in [0.3, 0.4) is 0 Å². The molecule has 1 saturated heterocycles. The highest BCUT2D eigenvalue weighted by molar-refractivity contribution is 5.91. The van der Waals surface area contributed by atoms with Crippen molar-refractivity contribution in [1.82, 2.24) is 9.47 Å². The second-order valence-electron chi connectivity index (χ2n) is 9.08. The molecule has 0 bridgehead atoms. The third kappa shape index (κ3) is 3.62. The Morgan fingerprint density at radius 2 is 1.93 bits per heavy atom. The highest BCUT2D eigenvalue weighted by Crippen LogP contribution is 2.51. The van der Waals surface area contributed by atoms with Crippen LogP contribution in [-0.2, 0) is 11.3 Å². The van der Waals surface area contributed by atoms with E-state index in [9.17, 15) is 24.6 Å². The lowest BCUT2D eigenvalue weighted by molar-refractivity contribution is -0.137. The fourth-order valence-electron chi connectivity index (χ4n) is 5.37. The number of amides is 1. The number of carbonyl (C=O) groups is 2. The average Bonchev–Trinajstić information content (AvgIpc) is 3.44. The fraction of sp³-hybridized carbons (Fsp3) is 0.682. The Hall–Kier alpha value is -2.35. The zero-order chi connectivity index (χ0) is 21.5. The highest BCUT2D eigenvalue weighted by atomic mass is 16.5. The number of rotatable bonds is 5. The predicted molar refractivity (Wildman–Crippen MR) is 109 cm³/mol. The van der Waals surface area contributed by atoms with Gasteiger partial charge in [0.2, 0.25) is 0 Å². The van der Waals surface area contributed by atoms with E-state index in [1.165, 1.54) is 21.7 Å². The zero-order valence-electron chi connectivity index (χ0n) is 17.4. The number of likely N-dealkylation sites (tertiary alicyclic amines) is 1. The van der Waals surface area contributed by atoms with Crippen molar-refractivity contribution in [3.63, 3.8) is 0 Å². The molecule has 0 aromatic carbocycles. The van der Waals surface area contributed by atoms with Crippen molar-refractivity contribution in [3.05, 3.63) is 33.7 Å². The molecular formula is C22H30N2O6. The molecule has 1 aliphatic heterocycles. The summed E-state index contributed by atoms with van der Waals surface area (Å²) in [6, 6.07) is 1.51. The van der Waals surface area contributed by atoms with E-state index in [1.807, 2.05) is 0 Å². The normalized spacial score (nSPS) is 25.5. The SMILES string of the molecule is CCOC(=O)c1cn(CC2(O)CCN(C(=O)O)CC23CCCC3)c(=O)cc1C1CC1. The van der Waals surface area contributed by atoms with E-state index in [0.29, 0.717) is 5.56 Å². The van der Waals surface area contributed by atoms with Gasteiger partial charge in [0.05, 0.1) is 24.3 Å². The Morgan fingerprint density at radius 1 is 1.23 bits per heavy atom. The maximum atomic E-state index is 12.9. The molecule has 4 rings (SSSR count). The van der Waals surface area contributed by atoms with Gasteiger partial charge in [-0.25, -0.2) is 9.59 Å². The number of pyridine rings is 1. The maximum absolute atomic E-state index is 12.9. The number of nitrogens with zero attached hydrogens (tertiary/aromatic N) is 2. The first kappa shape index (κ1) is 20.9. The number of aromatic nitrogens is 1. The van der Waals surface area contributed by atoms with Crippen molar-refractivity contribution in [2.45, 2.75) is 69.9 Å². The van der Waals surface area contributed by atoms with Crippen molar-refractivity contribution in [3.8, 4) is 0 Å². The van der Waals surface area contributed by atoms with Gasteiger partial charge in [0.15, 0.2) is 0 Å². The van der Waals surface area contributed by atoms with Crippen LogP contribution in [0.1, 0.15) is 73.7 Å². The minimum Gasteiger partial charge on any atom is -0.465 e. The zero-order valence-corrected chi connectivity index (χ0v) is 17.4. The van der Waals surface area contributed by atoms with Crippen LogP contribution in [0.25, 0.3) is 0 Å². The predicted octanol–water partition coefficient (Wildman–Crippen LogP) is 2.58. The van der Waals surface area contributed by atoms with Gasteiger partial charge >= 0.3 is 12.1 Å². The summed E-state index contributed by atoms with van der Waals surface area (Å²) < 4.78 is 6.63. The summed E-state index contributed by atoms with van der Waals surface area (Å²) >= 11 is 0. The summed E-state index contributed by atoms with van der Waals surface area (Å²) in [6.45, 7) is 2.55. The highest BCUT2D eigenvalue weighted by Gasteiger charge is 2.55. The second kappa shape index (κ2) is 7.72. The largest absolute Gasteiger partial charge is 0.465 e. The van der Waals surface area contributed by atoms with Gasteiger partial charge in [0, 0.05) is 30.8 Å². The van der Waals surface area contributed by atoms with Crippen LogP contribution < -0.4 is 5.56 Å². The first-order valence-corrected chi connectivity index (χ1v) is 10.9. The molecule has 1 atom stereocenters. The Kier molecular flexibility index (Phi) is 5.38. The molecule has 2 N–H and O–H groups in total. The minimum absolute atomic E-state index is 0.0522. The number of hydrogen-bond acceptors (Lipinski definition) is 5. The fourth-order valence-corrected chi connectivity index (χ4v) is 5.37. The average molecular weight is 418 g/mol. The number of ether oxygens (including phenoxy) is 1. The van der Waals surface area contributed by atoms with Crippen LogP contribution in [0.5, 0.6) is 0 Å². The van der Waals surface area contributed by atoms with Gasteiger partial charge in [-0.3, -0.25) is 4.79 Å². The Balaban J connectivity index is 1.68. The molecule has 164 valence electrons. The lowest BCUT2D eigenvalue weighted by atomic mass is 9.66. The summed E-state index contributed by atoms with van der Waals surface area (Å²) in [5, 5.41) is 21.2. The van der Waals surface area contributed by atoms with E-state index in [4.69, 9.17) is 4.74 Å². The summed E-state index contributed by atoms with van der Waals surface area (Å²) in [6.07, 6.45) is 6.06.